The van der Waals surface area contributed by atoms with Crippen molar-refractivity contribution in [2.24, 2.45) is 0 Å². The van der Waals surface area contributed by atoms with Gasteiger partial charge in [0.2, 0.25) is 23.8 Å². The lowest BCUT2D eigenvalue weighted by atomic mass is 9.81. The van der Waals surface area contributed by atoms with Crippen LogP contribution in [0.1, 0.15) is 61.6 Å². The van der Waals surface area contributed by atoms with E-state index in [2.05, 4.69) is 55.3 Å². The molecule has 3 aromatic rings. The summed E-state index contributed by atoms with van der Waals surface area (Å²) in [6.45, 7) is 2.83. The van der Waals surface area contributed by atoms with Crippen molar-refractivity contribution in [3.63, 3.8) is 0 Å². The Morgan fingerprint density at radius 2 is 1.56 bits per heavy atom. The Bertz CT molecular complexity index is 1230. The predicted molar refractivity (Wildman–Crippen MR) is 145 cm³/mol. The second kappa shape index (κ2) is 12.3. The van der Waals surface area contributed by atoms with Gasteiger partial charge in [0.05, 0.1) is 5.56 Å². The molecule has 2 aromatic carbocycles. The van der Waals surface area contributed by atoms with E-state index in [1.807, 2.05) is 18.2 Å². The molecule has 0 radical (unpaired) electrons. The number of nitrogens with one attached hydrogen (secondary N) is 4. The van der Waals surface area contributed by atoms with E-state index in [1.54, 1.807) is 7.05 Å². The molecule has 1 heterocycles. The largest absolute Gasteiger partial charge is 0.416 e. The summed E-state index contributed by atoms with van der Waals surface area (Å²) in [5.41, 5.74) is 0.113. The monoisotopic (exact) mass is 541 g/mol. The number of hydrogen-bond donors (Lipinski definition) is 4. The first-order valence-corrected chi connectivity index (χ1v) is 13.1. The quantitative estimate of drug-likeness (QED) is 0.266. The molecule has 1 aliphatic carbocycles. The van der Waals surface area contributed by atoms with Gasteiger partial charge >= 0.3 is 6.18 Å². The van der Waals surface area contributed by atoms with Crippen LogP contribution in [0.5, 0.6) is 0 Å². The molecule has 39 heavy (non-hydrogen) atoms. The minimum Gasteiger partial charge on any atom is -0.357 e. The van der Waals surface area contributed by atoms with Crippen molar-refractivity contribution in [3.8, 4) is 0 Å². The number of benzene rings is 2. The van der Waals surface area contributed by atoms with Crippen molar-refractivity contribution >= 4 is 23.8 Å². The zero-order valence-corrected chi connectivity index (χ0v) is 22.1. The minimum absolute atomic E-state index is 0.115. The molecule has 1 amide bonds. The summed E-state index contributed by atoms with van der Waals surface area (Å²) in [6, 6.07) is 14.9. The van der Waals surface area contributed by atoms with Gasteiger partial charge < -0.3 is 21.3 Å². The maximum atomic E-state index is 13.5. The van der Waals surface area contributed by atoms with Crippen LogP contribution in [-0.2, 0) is 17.5 Å². The molecule has 1 fully saturated rings. The van der Waals surface area contributed by atoms with E-state index in [4.69, 9.17) is 0 Å². The zero-order valence-electron chi connectivity index (χ0n) is 22.1. The number of nitrogens with zero attached hydrogens (tertiary/aromatic N) is 3. The van der Waals surface area contributed by atoms with Gasteiger partial charge in [-0.3, -0.25) is 4.79 Å². The highest BCUT2D eigenvalue weighted by Gasteiger charge is 2.40. The lowest BCUT2D eigenvalue weighted by Gasteiger charge is -2.36. The van der Waals surface area contributed by atoms with Gasteiger partial charge in [0.1, 0.15) is 5.54 Å². The number of carbonyl (C=O) groups excluding carboxylic acids is 1. The Morgan fingerprint density at radius 3 is 2.21 bits per heavy atom. The third kappa shape index (κ3) is 7.36. The fraction of sp³-hybridized carbons (Fsp3) is 0.429. The molecule has 0 spiro atoms. The summed E-state index contributed by atoms with van der Waals surface area (Å²) in [7, 11) is 1.71. The van der Waals surface area contributed by atoms with Crippen LogP contribution < -0.4 is 21.3 Å². The van der Waals surface area contributed by atoms with E-state index < -0.39 is 17.3 Å². The minimum atomic E-state index is -4.40. The Balaban J connectivity index is 1.46. The second-order valence-corrected chi connectivity index (χ2v) is 9.89. The van der Waals surface area contributed by atoms with Crippen molar-refractivity contribution in [1.82, 2.24) is 20.3 Å². The Labute approximate surface area is 226 Å². The number of carbonyl (C=O) groups is 1. The number of halogens is 3. The van der Waals surface area contributed by atoms with Gasteiger partial charge in [-0.15, -0.1) is 0 Å². The summed E-state index contributed by atoms with van der Waals surface area (Å²) in [5, 5.41) is 12.4. The average molecular weight is 542 g/mol. The van der Waals surface area contributed by atoms with Crippen LogP contribution in [-0.4, -0.2) is 40.0 Å². The van der Waals surface area contributed by atoms with Crippen molar-refractivity contribution < 1.29 is 18.0 Å². The van der Waals surface area contributed by atoms with E-state index in [9.17, 15) is 18.0 Å². The molecular weight excluding hydrogens is 507 g/mol. The highest BCUT2D eigenvalue weighted by Crippen LogP contribution is 2.32. The van der Waals surface area contributed by atoms with Gasteiger partial charge in [-0.2, -0.15) is 28.1 Å². The van der Waals surface area contributed by atoms with Crippen LogP contribution in [0, 0.1) is 0 Å². The topological polar surface area (TPSA) is 104 Å². The molecule has 0 unspecified atom stereocenters. The number of alkyl halides is 3. The number of aromatic nitrogens is 3. The van der Waals surface area contributed by atoms with Gasteiger partial charge in [-0.05, 0) is 42.0 Å². The number of amides is 1. The van der Waals surface area contributed by atoms with E-state index in [1.165, 1.54) is 17.7 Å². The SMILES string of the molecule is CNc1nc(NC[C@H](C)c2ccccc2)nc(NC2(C(=O)NCc3ccc(C(F)(F)F)cc3)CCCCC2)n1. The molecule has 208 valence electrons. The van der Waals surface area contributed by atoms with Crippen molar-refractivity contribution in [1.29, 1.82) is 0 Å². The third-order valence-electron chi connectivity index (χ3n) is 7.02. The van der Waals surface area contributed by atoms with Crippen LogP contribution >= 0.6 is 0 Å². The maximum absolute atomic E-state index is 13.5. The summed E-state index contributed by atoms with van der Waals surface area (Å²) in [6.07, 6.45) is -0.518. The van der Waals surface area contributed by atoms with Crippen LogP contribution in [0.15, 0.2) is 54.6 Å². The van der Waals surface area contributed by atoms with Crippen molar-refractivity contribution in [3.05, 3.63) is 71.3 Å². The zero-order chi connectivity index (χ0) is 27.9. The molecule has 1 saturated carbocycles. The average Bonchev–Trinajstić information content (AvgIpc) is 2.95. The first-order valence-electron chi connectivity index (χ1n) is 13.1. The van der Waals surface area contributed by atoms with E-state index in [0.29, 0.717) is 36.8 Å². The first kappa shape index (κ1) is 28.1. The first-order chi connectivity index (χ1) is 18.7. The molecule has 1 aliphatic rings. The second-order valence-electron chi connectivity index (χ2n) is 9.89. The van der Waals surface area contributed by atoms with Crippen LogP contribution in [0.3, 0.4) is 0 Å². The molecule has 1 atom stereocenters. The molecule has 11 heteroatoms. The van der Waals surface area contributed by atoms with Crippen molar-refractivity contribution in [2.75, 3.05) is 29.5 Å². The Kier molecular flexibility index (Phi) is 8.88. The lowest BCUT2D eigenvalue weighted by Crippen LogP contribution is -2.53. The summed E-state index contributed by atoms with van der Waals surface area (Å²) >= 11 is 0. The van der Waals surface area contributed by atoms with E-state index >= 15 is 0 Å². The Hall–Kier alpha value is -3.89. The highest BCUT2D eigenvalue weighted by molar-refractivity contribution is 5.89. The summed E-state index contributed by atoms with van der Waals surface area (Å²) in [5.74, 6) is 1.00. The smallest absolute Gasteiger partial charge is 0.357 e. The number of rotatable bonds is 10. The summed E-state index contributed by atoms with van der Waals surface area (Å²) < 4.78 is 38.6. The maximum Gasteiger partial charge on any atom is 0.416 e. The molecule has 0 bridgehead atoms. The predicted octanol–water partition coefficient (Wildman–Crippen LogP) is 5.58. The van der Waals surface area contributed by atoms with Crippen LogP contribution in [0.2, 0.25) is 0 Å². The molecule has 4 N–H and O–H groups in total. The van der Waals surface area contributed by atoms with Crippen LogP contribution in [0.4, 0.5) is 31.0 Å². The number of hydrogen-bond acceptors (Lipinski definition) is 7. The molecular formula is C28H34F3N7O. The van der Waals surface area contributed by atoms with E-state index in [0.717, 1.165) is 31.4 Å². The van der Waals surface area contributed by atoms with Gasteiger partial charge in [0, 0.05) is 20.1 Å². The number of anilines is 3. The molecule has 0 saturated heterocycles. The molecule has 8 nitrogen and oxygen atoms in total. The van der Waals surface area contributed by atoms with E-state index in [-0.39, 0.29) is 24.3 Å². The molecule has 4 rings (SSSR count). The van der Waals surface area contributed by atoms with Gasteiger partial charge in [0.15, 0.2) is 0 Å². The van der Waals surface area contributed by atoms with Crippen LogP contribution in [0.25, 0.3) is 0 Å². The Morgan fingerprint density at radius 1 is 0.923 bits per heavy atom. The molecule has 1 aromatic heterocycles. The molecule has 0 aliphatic heterocycles. The van der Waals surface area contributed by atoms with Gasteiger partial charge in [-0.25, -0.2) is 0 Å². The third-order valence-corrected chi connectivity index (χ3v) is 7.02. The summed E-state index contributed by atoms with van der Waals surface area (Å²) in [4.78, 5) is 26.9. The normalized spacial score (nSPS) is 15.7. The fourth-order valence-electron chi connectivity index (χ4n) is 4.71. The standard InChI is InChI=1S/C28H34F3N7O/c1-19(21-9-5-3-6-10-21)17-34-25-35-24(32-2)36-26(37-25)38-27(15-7-4-8-16-27)23(39)33-18-20-11-13-22(14-12-20)28(29,30)31/h3,5-6,9-14,19H,4,7-8,15-18H2,1-2H3,(H,33,39)(H3,32,34,35,36,37,38)/t19-/m0/s1. The fourth-order valence-corrected chi connectivity index (χ4v) is 4.71. The van der Waals surface area contributed by atoms with Crippen molar-refractivity contribution in [2.45, 2.75) is 63.2 Å². The van der Waals surface area contributed by atoms with Gasteiger partial charge in [0.25, 0.3) is 0 Å². The highest BCUT2D eigenvalue weighted by atomic mass is 19.4. The van der Waals surface area contributed by atoms with Gasteiger partial charge in [-0.1, -0.05) is 68.7 Å². The lowest BCUT2D eigenvalue weighted by molar-refractivity contribution is -0.137.